The maximum Gasteiger partial charge on any atom is 0.410 e. The van der Waals surface area contributed by atoms with Crippen molar-refractivity contribution in [3.63, 3.8) is 0 Å². The average Bonchev–Trinajstić information content (AvgIpc) is 1.82. The van der Waals surface area contributed by atoms with E-state index in [1.807, 2.05) is 45.9 Å². The largest absolute Gasteiger partial charge is 0.445 e. The smallest absolute Gasteiger partial charge is 0.410 e. The number of benzene rings is 2. The Bertz CT molecular complexity index is 2890. The number of likely N-dealkylation sites (N-methyl/N-ethyl adjacent to an activating group) is 2. The van der Waals surface area contributed by atoms with Crippen LogP contribution in [0.3, 0.4) is 0 Å². The number of rotatable bonds is 39. The lowest BCUT2D eigenvalue weighted by Crippen LogP contribution is -2.58. The Morgan fingerprint density at radius 3 is 1.95 bits per heavy atom. The molecule has 95 heavy (non-hydrogen) atoms. The highest BCUT2D eigenvalue weighted by atomic mass is 16.6. The van der Waals surface area contributed by atoms with E-state index in [0.717, 1.165) is 4.90 Å². The van der Waals surface area contributed by atoms with Crippen LogP contribution in [0.2, 0.25) is 0 Å². The number of ether oxygens (including phenoxy) is 3. The zero-order chi connectivity index (χ0) is 70.8. The van der Waals surface area contributed by atoms with Crippen molar-refractivity contribution in [2.45, 2.75) is 195 Å². The highest BCUT2D eigenvalue weighted by Crippen LogP contribution is 2.31. The molecule has 9 N–H and O–H groups in total. The third-order valence-corrected chi connectivity index (χ3v) is 18.0. The van der Waals surface area contributed by atoms with Gasteiger partial charge < -0.3 is 66.8 Å². The van der Waals surface area contributed by atoms with Crippen molar-refractivity contribution in [3.05, 3.63) is 77.9 Å². The summed E-state index contributed by atoms with van der Waals surface area (Å²) in [4.78, 5) is 152. The molecular formula is C69H107N11O15. The first-order valence-corrected chi connectivity index (χ1v) is 33.4. The van der Waals surface area contributed by atoms with E-state index >= 15 is 0 Å². The van der Waals surface area contributed by atoms with Crippen molar-refractivity contribution in [2.75, 3.05) is 59.8 Å². The molecule has 26 heteroatoms. The number of nitrogens with zero attached hydrogens (tertiary/aromatic N) is 4. The van der Waals surface area contributed by atoms with Gasteiger partial charge in [-0.1, -0.05) is 118 Å². The van der Waals surface area contributed by atoms with Crippen LogP contribution in [0.5, 0.6) is 0 Å². The summed E-state index contributed by atoms with van der Waals surface area (Å²) in [6.07, 6.45) is 3.42. The lowest BCUT2D eigenvalue weighted by Gasteiger charge is -2.38. The topological polar surface area (TPSA) is 347 Å². The van der Waals surface area contributed by atoms with Crippen molar-refractivity contribution in [3.8, 4) is 0 Å². The fourth-order valence-corrected chi connectivity index (χ4v) is 12.1. The number of carbonyl (C=O) groups excluding carboxylic acids is 11. The first-order chi connectivity index (χ1) is 44.9. The molecule has 0 saturated carbocycles. The molecule has 12 atom stereocenters. The number of nitrogens with two attached hydrogens (primary N) is 1. The van der Waals surface area contributed by atoms with Crippen LogP contribution >= 0.6 is 0 Å². The van der Waals surface area contributed by atoms with Gasteiger partial charge in [0.1, 0.15) is 30.8 Å². The molecular weight excluding hydrogens is 1220 g/mol. The van der Waals surface area contributed by atoms with E-state index in [-0.39, 0.29) is 111 Å². The third-order valence-electron chi connectivity index (χ3n) is 18.0. The Morgan fingerprint density at radius 1 is 0.726 bits per heavy atom. The van der Waals surface area contributed by atoms with Gasteiger partial charge in [-0.3, -0.25) is 53.0 Å². The first-order valence-electron chi connectivity index (χ1n) is 33.4. The van der Waals surface area contributed by atoms with Gasteiger partial charge >= 0.3 is 12.1 Å². The molecule has 2 heterocycles. The number of urea groups is 1. The first kappa shape index (κ1) is 79.5. The van der Waals surface area contributed by atoms with Crippen molar-refractivity contribution in [1.29, 1.82) is 0 Å². The Kier molecular flexibility index (Phi) is 32.8. The van der Waals surface area contributed by atoms with Crippen LogP contribution in [0.4, 0.5) is 15.3 Å². The van der Waals surface area contributed by atoms with E-state index in [4.69, 9.17) is 19.9 Å². The number of primary amides is 1. The third kappa shape index (κ3) is 24.0. The number of hydrogen-bond acceptors (Lipinski definition) is 15. The monoisotopic (exact) mass is 1330 g/mol. The van der Waals surface area contributed by atoms with Gasteiger partial charge in [0.2, 0.25) is 41.4 Å². The molecule has 2 aromatic carbocycles. The molecule has 528 valence electrons. The van der Waals surface area contributed by atoms with Gasteiger partial charge in [0, 0.05) is 84.7 Å². The fraction of sp³-hybridized carbons (Fsp3) is 0.638. The molecule has 2 aromatic rings. The summed E-state index contributed by atoms with van der Waals surface area (Å²) in [6.45, 7) is 19.0. The van der Waals surface area contributed by atoms with Crippen LogP contribution in [-0.2, 0) is 64.0 Å². The molecule has 0 bridgehead atoms. The molecule has 1 fully saturated rings. The number of carbonyl (C=O) groups is 11. The second-order valence-electron chi connectivity index (χ2n) is 26.2. The zero-order valence-electron chi connectivity index (χ0n) is 58.1. The molecule has 4 unspecified atom stereocenters. The molecule has 12 amide bonds. The van der Waals surface area contributed by atoms with Crippen molar-refractivity contribution in [2.24, 2.45) is 41.2 Å². The number of aliphatic hydroxyl groups is 1. The average molecular weight is 1330 g/mol. The summed E-state index contributed by atoms with van der Waals surface area (Å²) < 4.78 is 17.8. The minimum atomic E-state index is -1.11. The summed E-state index contributed by atoms with van der Waals surface area (Å²) >= 11 is 0. The molecule has 0 aromatic heterocycles. The number of hydrogen-bond donors (Lipinski definition) is 8. The molecule has 2 aliphatic heterocycles. The Hall–Kier alpha value is -7.97. The quantitative estimate of drug-likeness (QED) is 0.0310. The number of likely N-dealkylation sites (tertiary alicyclic amines) is 1. The van der Waals surface area contributed by atoms with Crippen LogP contribution in [-0.4, -0.2) is 193 Å². The second kappa shape index (κ2) is 39.2. The van der Waals surface area contributed by atoms with Crippen molar-refractivity contribution in [1.82, 2.24) is 46.2 Å². The summed E-state index contributed by atoms with van der Waals surface area (Å²) in [5.41, 5.74) is 6.79. The van der Waals surface area contributed by atoms with Gasteiger partial charge in [0.05, 0.1) is 42.7 Å². The van der Waals surface area contributed by atoms with Gasteiger partial charge in [-0.25, -0.2) is 9.59 Å². The zero-order valence-corrected chi connectivity index (χ0v) is 58.1. The van der Waals surface area contributed by atoms with Crippen LogP contribution in [0.25, 0.3) is 0 Å². The molecule has 0 spiro atoms. The van der Waals surface area contributed by atoms with Gasteiger partial charge in [-0.2, -0.15) is 0 Å². The summed E-state index contributed by atoms with van der Waals surface area (Å²) in [7, 11) is 6.17. The van der Waals surface area contributed by atoms with E-state index in [1.54, 1.807) is 102 Å². The number of imide groups is 1. The summed E-state index contributed by atoms with van der Waals surface area (Å²) in [6, 6.07) is 9.55. The van der Waals surface area contributed by atoms with E-state index in [9.17, 15) is 57.8 Å². The number of nitrogens with one attached hydrogen (secondary N) is 6. The predicted octanol–water partition coefficient (Wildman–Crippen LogP) is 5.32. The minimum Gasteiger partial charge on any atom is -0.445 e. The molecule has 4 rings (SSSR count). The molecule has 0 radical (unpaired) electrons. The molecule has 2 aliphatic rings. The maximum atomic E-state index is 14.5. The number of unbranched alkanes of at least 4 members (excludes halogenated alkanes) is 2. The van der Waals surface area contributed by atoms with Crippen LogP contribution in [0, 0.1) is 35.5 Å². The molecule has 0 aliphatic carbocycles. The van der Waals surface area contributed by atoms with Crippen LogP contribution in [0.1, 0.15) is 151 Å². The Balaban J connectivity index is 1.35. The van der Waals surface area contributed by atoms with Gasteiger partial charge in [-0.05, 0) is 92.4 Å². The van der Waals surface area contributed by atoms with E-state index in [1.165, 1.54) is 31.2 Å². The number of amides is 12. The van der Waals surface area contributed by atoms with E-state index < -0.39 is 96.2 Å². The van der Waals surface area contributed by atoms with E-state index in [0.29, 0.717) is 61.9 Å². The maximum absolute atomic E-state index is 14.5. The standard InChI is InChI=1S/C69H107N11O15/c1-15-44(8)50(53(93-13)38-57(84)79-37-23-27-52(79)62(94-14)45(9)63(86)72-46(10)61(85)48-24-18-16-19-25-48)39-77(11)67(90)59(42(4)5)76-66(89)60(43(6)7)78(12)69(92)95-40-47-29-31-49(32-30-47)73-64(87)51(26-22-35-71-68(70)91)74-65(88)58(41(2)3)75-54(81)28-20-17-21-36-80-55(82)33-34-56(80)83/h16,18-19,24-25,29-34,41-46,50-53,58-62,85H,15,17,20-23,26-28,35-40H2,1-14H3,(H,72,86)(H,73,87)(H,74,88)(H,75,81)(H,76,89)(H3,70,71,91)/t44-,45+,46+,50?,51-,52-,53?,58-,59-,60-,61?,62?/m0/s1. The normalized spacial score (nSPS) is 17.3. The van der Waals surface area contributed by atoms with E-state index in [2.05, 4.69) is 31.9 Å². The van der Waals surface area contributed by atoms with Crippen molar-refractivity contribution < 1.29 is 72.1 Å². The fourth-order valence-electron chi connectivity index (χ4n) is 12.1. The number of aliphatic hydroxyl groups excluding tert-OH is 1. The predicted molar refractivity (Wildman–Crippen MR) is 358 cm³/mol. The number of anilines is 1. The molecule has 1 saturated heterocycles. The highest BCUT2D eigenvalue weighted by Gasteiger charge is 2.43. The van der Waals surface area contributed by atoms with Gasteiger partial charge in [0.25, 0.3) is 11.8 Å². The van der Waals surface area contributed by atoms with Crippen LogP contribution < -0.4 is 37.6 Å². The summed E-state index contributed by atoms with van der Waals surface area (Å²) in [5, 5.41) is 27.6. The minimum absolute atomic E-state index is 0.00347. The lowest BCUT2D eigenvalue weighted by atomic mass is 9.84. The second-order valence-corrected chi connectivity index (χ2v) is 26.2. The Labute approximate surface area is 560 Å². The summed E-state index contributed by atoms with van der Waals surface area (Å²) in [5.74, 6) is -5.93. The van der Waals surface area contributed by atoms with Gasteiger partial charge in [0.15, 0.2) is 0 Å². The number of methoxy groups -OCH3 is 2. The van der Waals surface area contributed by atoms with Crippen molar-refractivity contribution >= 4 is 71.0 Å². The lowest BCUT2D eigenvalue weighted by molar-refractivity contribution is -0.144. The SMILES string of the molecule is CC[C@H](C)C(CN(C)C(=O)[C@@H](NC(=O)[C@H](C(C)C)N(C)C(=O)OCc1ccc(NC(=O)[C@H](CCCNC(N)=O)NC(=O)[C@@H](NC(=O)CCCCCN2C(=O)C=CC2=O)C(C)C)cc1)C(C)C)C(CC(=O)N1CCC[C@H]1C(OC)[C@@H](C)C(=O)N[C@H](C)C(O)c1ccccc1)OC. The highest BCUT2D eigenvalue weighted by molar-refractivity contribution is 6.12. The van der Waals surface area contributed by atoms with Gasteiger partial charge in [-0.15, -0.1) is 0 Å². The van der Waals surface area contributed by atoms with Crippen LogP contribution in [0.15, 0.2) is 66.7 Å². The molecule has 26 nitrogen and oxygen atoms in total. The Morgan fingerprint density at radius 2 is 1.37 bits per heavy atom.